The number of nitrogens with zero attached hydrogens (tertiary/aromatic N) is 2. The smallest absolute Gasteiger partial charge is 0.170 e. The van der Waals surface area contributed by atoms with Gasteiger partial charge in [0.25, 0.3) is 0 Å². The largest absolute Gasteiger partial charge is 0.376 e. The Hall–Kier alpha value is -1.29. The lowest BCUT2D eigenvalue weighted by atomic mass is 10.2. The maximum Gasteiger partial charge on any atom is 0.170 e. The van der Waals surface area contributed by atoms with Gasteiger partial charge >= 0.3 is 0 Å². The predicted octanol–water partition coefficient (Wildman–Crippen LogP) is 3.24. The summed E-state index contributed by atoms with van der Waals surface area (Å²) in [6.45, 7) is 11.5. The molecule has 0 radical (unpaired) electrons. The van der Waals surface area contributed by atoms with E-state index in [0.717, 1.165) is 25.3 Å². The lowest BCUT2D eigenvalue weighted by Crippen LogP contribution is -2.38. The topological polar surface area (TPSA) is 32.5 Å². The molecule has 2 N–H and O–H groups in total. The average molecular weight is 279 g/mol. The number of thiocarbonyl (C=S) groups is 1. The van der Waals surface area contributed by atoms with Gasteiger partial charge in [-0.1, -0.05) is 13.8 Å². The summed E-state index contributed by atoms with van der Waals surface area (Å²) in [4.78, 5) is 4.31. The molecule has 0 saturated carbocycles. The maximum atomic E-state index is 5.81. The fourth-order valence-electron chi connectivity index (χ4n) is 2.12. The molecule has 1 rings (SSSR count). The van der Waals surface area contributed by atoms with Crippen LogP contribution in [0.1, 0.15) is 27.7 Å². The molecule has 0 heterocycles. The van der Waals surface area contributed by atoms with Crippen LogP contribution in [0.4, 0.5) is 11.4 Å². The second kappa shape index (κ2) is 7.34. The fraction of sp³-hybridized carbons (Fsp3) is 0.533. The molecule has 0 spiro atoms. The van der Waals surface area contributed by atoms with Crippen LogP contribution in [0.3, 0.4) is 0 Å². The first kappa shape index (κ1) is 15.8. The molecule has 0 aliphatic rings. The second-order valence-electron chi connectivity index (χ2n) is 5.03. The monoisotopic (exact) mass is 279 g/mol. The Bertz CT molecular complexity index is 396. The highest BCUT2D eigenvalue weighted by Gasteiger charge is 2.11. The van der Waals surface area contributed by atoms with Gasteiger partial charge in [0.15, 0.2) is 5.11 Å². The van der Waals surface area contributed by atoms with Gasteiger partial charge in [0.2, 0.25) is 0 Å². The molecule has 1 aromatic rings. The summed E-state index contributed by atoms with van der Waals surface area (Å²) in [5.41, 5.74) is 8.12. The Labute approximate surface area is 122 Å². The van der Waals surface area contributed by atoms with Gasteiger partial charge in [-0.2, -0.15) is 0 Å². The van der Waals surface area contributed by atoms with E-state index < -0.39 is 0 Å². The summed E-state index contributed by atoms with van der Waals surface area (Å²) in [5.74, 6) is 0.518. The van der Waals surface area contributed by atoms with E-state index in [-0.39, 0.29) is 0 Å². The van der Waals surface area contributed by atoms with E-state index in [1.165, 1.54) is 5.69 Å². The normalized spacial score (nSPS) is 10.6. The summed E-state index contributed by atoms with van der Waals surface area (Å²) in [6.07, 6.45) is 0. The summed E-state index contributed by atoms with van der Waals surface area (Å²) >= 11 is 5.14. The van der Waals surface area contributed by atoms with Crippen LogP contribution < -0.4 is 15.5 Å². The first-order chi connectivity index (χ1) is 8.99. The number of anilines is 2. The number of nitrogens with two attached hydrogens (primary N) is 1. The number of hydrogen-bond acceptors (Lipinski definition) is 2. The van der Waals surface area contributed by atoms with Crippen molar-refractivity contribution in [1.29, 1.82) is 0 Å². The zero-order chi connectivity index (χ0) is 14.4. The molecule has 0 amide bonds. The van der Waals surface area contributed by atoms with Crippen LogP contribution in [0, 0.1) is 5.92 Å². The Kier molecular flexibility index (Phi) is 6.09. The summed E-state index contributed by atoms with van der Waals surface area (Å²) < 4.78 is 0. The van der Waals surface area contributed by atoms with Gasteiger partial charge in [0.05, 0.1) is 0 Å². The van der Waals surface area contributed by atoms with Gasteiger partial charge < -0.3 is 15.5 Å². The first-order valence-electron chi connectivity index (χ1n) is 6.91. The van der Waals surface area contributed by atoms with Crippen molar-refractivity contribution >= 4 is 28.7 Å². The molecule has 0 bridgehead atoms. The average Bonchev–Trinajstić information content (AvgIpc) is 2.38. The van der Waals surface area contributed by atoms with Crippen LogP contribution in [0.2, 0.25) is 0 Å². The summed E-state index contributed by atoms with van der Waals surface area (Å²) in [5, 5.41) is 0.435. The van der Waals surface area contributed by atoms with Crippen molar-refractivity contribution in [2.24, 2.45) is 11.7 Å². The maximum absolute atomic E-state index is 5.81. The zero-order valence-corrected chi connectivity index (χ0v) is 13.2. The number of rotatable bonds is 6. The van der Waals surface area contributed by atoms with Crippen molar-refractivity contribution in [3.05, 3.63) is 24.3 Å². The minimum atomic E-state index is 0.435. The first-order valence-corrected chi connectivity index (χ1v) is 7.32. The molecule has 0 unspecified atom stereocenters. The standard InChI is InChI=1S/C15H25N3S/c1-5-17(6-2)13-7-9-14(10-8-13)18(15(16)19)11-12(3)4/h7-10,12H,5-6,11H2,1-4H3,(H2,16,19). The molecule has 4 heteroatoms. The van der Waals surface area contributed by atoms with Gasteiger partial charge in [-0.05, 0) is 56.2 Å². The molecule has 0 aromatic heterocycles. The summed E-state index contributed by atoms with van der Waals surface area (Å²) in [7, 11) is 0. The highest BCUT2D eigenvalue weighted by molar-refractivity contribution is 7.80. The van der Waals surface area contributed by atoms with Crippen LogP contribution in [0.5, 0.6) is 0 Å². The summed E-state index contributed by atoms with van der Waals surface area (Å²) in [6, 6.07) is 8.45. The molecule has 0 aliphatic carbocycles. The van der Waals surface area contributed by atoms with Gasteiger partial charge in [-0.3, -0.25) is 0 Å². The lowest BCUT2D eigenvalue weighted by Gasteiger charge is -2.26. The Balaban J connectivity index is 2.92. The molecule has 0 saturated heterocycles. The third-order valence-corrected chi connectivity index (χ3v) is 3.32. The van der Waals surface area contributed by atoms with Crippen molar-refractivity contribution in [1.82, 2.24) is 0 Å². The van der Waals surface area contributed by atoms with Crippen molar-refractivity contribution in [3.63, 3.8) is 0 Å². The van der Waals surface area contributed by atoms with E-state index in [1.54, 1.807) is 0 Å². The van der Waals surface area contributed by atoms with E-state index in [1.807, 2.05) is 4.90 Å². The van der Waals surface area contributed by atoms with E-state index in [0.29, 0.717) is 11.0 Å². The van der Waals surface area contributed by atoms with E-state index >= 15 is 0 Å². The quantitative estimate of drug-likeness (QED) is 0.810. The Morgan fingerprint density at radius 2 is 1.58 bits per heavy atom. The zero-order valence-electron chi connectivity index (χ0n) is 12.4. The van der Waals surface area contributed by atoms with Gasteiger partial charge in [0, 0.05) is 31.0 Å². The van der Waals surface area contributed by atoms with Gasteiger partial charge in [-0.25, -0.2) is 0 Å². The Morgan fingerprint density at radius 1 is 1.11 bits per heavy atom. The molecule has 1 aromatic carbocycles. The Morgan fingerprint density at radius 3 is 1.95 bits per heavy atom. The van der Waals surface area contributed by atoms with Gasteiger partial charge in [-0.15, -0.1) is 0 Å². The van der Waals surface area contributed by atoms with Crippen LogP contribution in [0.25, 0.3) is 0 Å². The third kappa shape index (κ3) is 4.39. The number of benzene rings is 1. The predicted molar refractivity (Wildman–Crippen MR) is 89.0 cm³/mol. The van der Waals surface area contributed by atoms with Crippen molar-refractivity contribution in [2.75, 3.05) is 29.4 Å². The van der Waals surface area contributed by atoms with Crippen molar-refractivity contribution < 1.29 is 0 Å². The van der Waals surface area contributed by atoms with Crippen molar-refractivity contribution in [2.45, 2.75) is 27.7 Å². The van der Waals surface area contributed by atoms with Gasteiger partial charge in [0.1, 0.15) is 0 Å². The number of hydrogen-bond donors (Lipinski definition) is 1. The van der Waals surface area contributed by atoms with Crippen LogP contribution in [-0.2, 0) is 0 Å². The molecule has 0 atom stereocenters. The molecule has 0 aliphatic heterocycles. The minimum absolute atomic E-state index is 0.435. The van der Waals surface area contributed by atoms with E-state index in [9.17, 15) is 0 Å². The fourth-order valence-corrected chi connectivity index (χ4v) is 2.30. The lowest BCUT2D eigenvalue weighted by molar-refractivity contribution is 0.658. The highest BCUT2D eigenvalue weighted by Crippen LogP contribution is 2.21. The van der Waals surface area contributed by atoms with E-state index in [4.69, 9.17) is 18.0 Å². The minimum Gasteiger partial charge on any atom is -0.376 e. The van der Waals surface area contributed by atoms with Crippen LogP contribution >= 0.6 is 12.2 Å². The molecule has 3 nitrogen and oxygen atoms in total. The van der Waals surface area contributed by atoms with E-state index in [2.05, 4.69) is 56.9 Å². The second-order valence-corrected chi connectivity index (χ2v) is 5.45. The third-order valence-electron chi connectivity index (χ3n) is 3.10. The molecular weight excluding hydrogens is 254 g/mol. The SMILES string of the molecule is CCN(CC)c1ccc(N(CC(C)C)C(N)=S)cc1. The van der Waals surface area contributed by atoms with Crippen molar-refractivity contribution in [3.8, 4) is 0 Å². The molecular formula is C15H25N3S. The highest BCUT2D eigenvalue weighted by atomic mass is 32.1. The molecule has 19 heavy (non-hydrogen) atoms. The van der Waals surface area contributed by atoms with Crippen LogP contribution in [0.15, 0.2) is 24.3 Å². The van der Waals surface area contributed by atoms with Crippen LogP contribution in [-0.4, -0.2) is 24.7 Å². The molecule has 0 fully saturated rings. The molecule has 106 valence electrons.